The second kappa shape index (κ2) is 3.39. The van der Waals surface area contributed by atoms with Crippen molar-refractivity contribution in [3.05, 3.63) is 46.4 Å². The van der Waals surface area contributed by atoms with Crippen LogP contribution < -0.4 is 5.56 Å². The minimum atomic E-state index is -1.14. The Bertz CT molecular complexity index is 803. The van der Waals surface area contributed by atoms with E-state index in [1.54, 1.807) is 6.07 Å². The molecule has 0 saturated carbocycles. The molecule has 0 saturated heterocycles. The van der Waals surface area contributed by atoms with E-state index in [0.29, 0.717) is 4.96 Å². The maximum absolute atomic E-state index is 11.3. The fraction of sp³-hybridized carbons (Fsp3) is 0. The van der Waals surface area contributed by atoms with E-state index >= 15 is 0 Å². The molecule has 1 aromatic carbocycles. The van der Waals surface area contributed by atoms with Crippen molar-refractivity contribution in [2.75, 3.05) is 0 Å². The molecule has 0 radical (unpaired) electrons. The molecule has 0 aliphatic heterocycles. The van der Waals surface area contributed by atoms with Crippen LogP contribution in [0.3, 0.4) is 0 Å². The lowest BCUT2D eigenvalue weighted by Gasteiger charge is -1.99. The van der Waals surface area contributed by atoms with Gasteiger partial charge < -0.3 is 5.11 Å². The van der Waals surface area contributed by atoms with E-state index in [0.717, 1.165) is 16.3 Å². The zero-order chi connectivity index (χ0) is 12.0. The first kappa shape index (κ1) is 9.98. The van der Waals surface area contributed by atoms with Gasteiger partial charge in [0.15, 0.2) is 4.96 Å². The maximum atomic E-state index is 11.3. The molecule has 0 fully saturated rings. The normalized spacial score (nSPS) is 11.1. The fourth-order valence-electron chi connectivity index (χ4n) is 1.75. The summed E-state index contributed by atoms with van der Waals surface area (Å²) in [6.45, 7) is 0. The standard InChI is InChI=1S/C11H6N2O3S/c14-9-5-7(10(15)16)13-6-3-1-2-4-8(6)17-11(13)12-9/h1-5H,(H,15,16). The lowest BCUT2D eigenvalue weighted by Crippen LogP contribution is -2.14. The third-order valence-electron chi connectivity index (χ3n) is 2.42. The van der Waals surface area contributed by atoms with Crippen molar-refractivity contribution >= 4 is 32.5 Å². The number of carbonyl (C=O) groups is 1. The Morgan fingerprint density at radius 3 is 2.88 bits per heavy atom. The molecular weight excluding hydrogens is 240 g/mol. The molecule has 6 heteroatoms. The van der Waals surface area contributed by atoms with Crippen molar-refractivity contribution in [3.63, 3.8) is 0 Å². The van der Waals surface area contributed by atoms with Gasteiger partial charge in [-0.3, -0.25) is 9.20 Å². The van der Waals surface area contributed by atoms with E-state index in [2.05, 4.69) is 4.98 Å². The molecule has 0 spiro atoms. The number of rotatable bonds is 1. The van der Waals surface area contributed by atoms with Crippen molar-refractivity contribution in [3.8, 4) is 0 Å². The van der Waals surface area contributed by atoms with Gasteiger partial charge in [-0.2, -0.15) is 4.98 Å². The number of para-hydroxylation sites is 1. The van der Waals surface area contributed by atoms with Crippen LogP contribution in [0.5, 0.6) is 0 Å². The molecule has 2 heterocycles. The van der Waals surface area contributed by atoms with Gasteiger partial charge in [-0.25, -0.2) is 4.79 Å². The van der Waals surface area contributed by atoms with Crippen LogP contribution in [-0.2, 0) is 0 Å². The topological polar surface area (TPSA) is 71.7 Å². The summed E-state index contributed by atoms with van der Waals surface area (Å²) < 4.78 is 2.39. The average molecular weight is 246 g/mol. The number of fused-ring (bicyclic) bond motifs is 3. The summed E-state index contributed by atoms with van der Waals surface area (Å²) in [4.78, 5) is 26.6. The lowest BCUT2D eigenvalue weighted by atomic mass is 10.3. The van der Waals surface area contributed by atoms with E-state index in [9.17, 15) is 9.59 Å². The van der Waals surface area contributed by atoms with Crippen molar-refractivity contribution < 1.29 is 9.90 Å². The zero-order valence-electron chi connectivity index (χ0n) is 8.45. The van der Waals surface area contributed by atoms with Crippen LogP contribution >= 0.6 is 11.3 Å². The van der Waals surface area contributed by atoms with Crippen molar-refractivity contribution in [1.29, 1.82) is 0 Å². The fourth-order valence-corrected chi connectivity index (χ4v) is 2.78. The molecule has 3 aromatic rings. The second-order valence-electron chi connectivity index (χ2n) is 3.47. The zero-order valence-corrected chi connectivity index (χ0v) is 9.27. The van der Waals surface area contributed by atoms with Crippen LogP contribution in [0.1, 0.15) is 10.5 Å². The molecule has 17 heavy (non-hydrogen) atoms. The van der Waals surface area contributed by atoms with Gasteiger partial charge in [-0.1, -0.05) is 23.5 Å². The monoisotopic (exact) mass is 246 g/mol. The van der Waals surface area contributed by atoms with Gasteiger partial charge in [0.05, 0.1) is 10.2 Å². The highest BCUT2D eigenvalue weighted by Crippen LogP contribution is 2.25. The van der Waals surface area contributed by atoms with Gasteiger partial charge >= 0.3 is 5.97 Å². The number of nitrogens with zero attached hydrogens (tertiary/aromatic N) is 2. The predicted octanol–water partition coefficient (Wildman–Crippen LogP) is 1.61. The summed E-state index contributed by atoms with van der Waals surface area (Å²) in [5, 5.41) is 9.10. The molecule has 0 aliphatic carbocycles. The Morgan fingerprint density at radius 1 is 1.35 bits per heavy atom. The summed E-state index contributed by atoms with van der Waals surface area (Å²) in [7, 11) is 0. The van der Waals surface area contributed by atoms with E-state index in [1.807, 2.05) is 18.2 Å². The Morgan fingerprint density at radius 2 is 2.12 bits per heavy atom. The number of hydrogen-bond donors (Lipinski definition) is 1. The first-order valence-corrected chi connectivity index (χ1v) is 5.63. The van der Waals surface area contributed by atoms with Crippen LogP contribution in [0, 0.1) is 0 Å². The van der Waals surface area contributed by atoms with E-state index in [-0.39, 0.29) is 5.69 Å². The molecule has 0 aliphatic rings. The number of carboxylic acid groups (broad SMARTS) is 1. The van der Waals surface area contributed by atoms with Crippen LogP contribution in [0.4, 0.5) is 0 Å². The summed E-state index contributed by atoms with van der Waals surface area (Å²) in [5.41, 5.74) is 0.156. The van der Waals surface area contributed by atoms with Gasteiger partial charge in [-0.15, -0.1) is 0 Å². The van der Waals surface area contributed by atoms with Crippen LogP contribution in [0.2, 0.25) is 0 Å². The summed E-state index contributed by atoms with van der Waals surface area (Å²) in [6, 6.07) is 8.38. The van der Waals surface area contributed by atoms with Crippen molar-refractivity contribution in [1.82, 2.24) is 9.38 Å². The molecule has 84 valence electrons. The number of aromatic nitrogens is 2. The van der Waals surface area contributed by atoms with Crippen molar-refractivity contribution in [2.24, 2.45) is 0 Å². The smallest absolute Gasteiger partial charge is 0.353 e. The van der Waals surface area contributed by atoms with Gasteiger partial charge in [0.1, 0.15) is 5.69 Å². The van der Waals surface area contributed by atoms with E-state index in [1.165, 1.54) is 15.7 Å². The molecule has 0 amide bonds. The van der Waals surface area contributed by atoms with Gasteiger partial charge in [0, 0.05) is 6.07 Å². The number of thiazole rings is 1. The minimum absolute atomic E-state index is 0.0579. The molecule has 1 N–H and O–H groups in total. The van der Waals surface area contributed by atoms with Crippen LogP contribution in [0.25, 0.3) is 15.2 Å². The van der Waals surface area contributed by atoms with Crippen molar-refractivity contribution in [2.45, 2.75) is 0 Å². The number of hydrogen-bond acceptors (Lipinski definition) is 4. The summed E-state index contributed by atoms with van der Waals surface area (Å²) in [6.07, 6.45) is 0. The molecule has 2 aromatic heterocycles. The number of carboxylic acids is 1. The molecule has 5 nitrogen and oxygen atoms in total. The molecule has 3 rings (SSSR count). The highest BCUT2D eigenvalue weighted by molar-refractivity contribution is 7.23. The number of aromatic carboxylic acids is 1. The first-order chi connectivity index (χ1) is 8.16. The summed E-state index contributed by atoms with van der Waals surface area (Å²) >= 11 is 1.30. The second-order valence-corrected chi connectivity index (χ2v) is 4.48. The third kappa shape index (κ3) is 1.42. The Kier molecular flexibility index (Phi) is 1.99. The lowest BCUT2D eigenvalue weighted by molar-refractivity contribution is 0.0689. The Labute approximate surface area is 98.6 Å². The molecule has 0 bridgehead atoms. The van der Waals surface area contributed by atoms with Gasteiger partial charge in [0.25, 0.3) is 5.56 Å². The van der Waals surface area contributed by atoms with Gasteiger partial charge in [0.2, 0.25) is 0 Å². The predicted molar refractivity (Wildman–Crippen MR) is 63.8 cm³/mol. The minimum Gasteiger partial charge on any atom is -0.477 e. The Balaban J connectivity index is 2.62. The average Bonchev–Trinajstić information content (AvgIpc) is 2.65. The highest BCUT2D eigenvalue weighted by Gasteiger charge is 2.14. The van der Waals surface area contributed by atoms with Crippen LogP contribution in [-0.4, -0.2) is 20.5 Å². The third-order valence-corrected chi connectivity index (χ3v) is 3.45. The summed E-state index contributed by atoms with van der Waals surface area (Å²) in [5.74, 6) is -1.14. The van der Waals surface area contributed by atoms with Crippen LogP contribution in [0.15, 0.2) is 35.1 Å². The quantitative estimate of drug-likeness (QED) is 0.708. The highest BCUT2D eigenvalue weighted by atomic mass is 32.1. The number of benzene rings is 1. The first-order valence-electron chi connectivity index (χ1n) is 4.81. The maximum Gasteiger partial charge on any atom is 0.353 e. The van der Waals surface area contributed by atoms with E-state index < -0.39 is 11.5 Å². The molecule has 0 atom stereocenters. The Hall–Kier alpha value is -2.21. The largest absolute Gasteiger partial charge is 0.477 e. The SMILES string of the molecule is O=C(O)c1cc(=O)nc2sc3ccccc3n12. The molecular formula is C11H6N2O3S. The molecule has 0 unspecified atom stereocenters. The van der Waals surface area contributed by atoms with E-state index in [4.69, 9.17) is 5.11 Å². The van der Waals surface area contributed by atoms with Gasteiger partial charge in [-0.05, 0) is 12.1 Å².